The second kappa shape index (κ2) is 5.88. The third-order valence-electron chi connectivity index (χ3n) is 3.51. The van der Waals surface area contributed by atoms with Crippen LogP contribution in [0.4, 0.5) is 10.1 Å². The number of ether oxygens (including phenoxy) is 1. The molecule has 1 aromatic carbocycles. The first kappa shape index (κ1) is 12.9. The molecule has 0 saturated carbocycles. The van der Waals surface area contributed by atoms with E-state index in [4.69, 9.17) is 4.74 Å². The Labute approximate surface area is 108 Å². The number of halogens is 1. The van der Waals surface area contributed by atoms with Crippen molar-refractivity contribution in [3.05, 3.63) is 29.1 Å². The average Bonchev–Trinajstić information content (AvgIpc) is 2.88. The number of terminal acetylenes is 1. The molecule has 2 aliphatic rings. The zero-order chi connectivity index (χ0) is 13.0. The molecule has 0 radical (unpaired) electrons. The Bertz CT molecular complexity index is 436. The Morgan fingerprint density at radius 3 is 2.33 bits per heavy atom. The SMILES string of the molecule is C#C.Fc1cc2c(cc1N1CCOCC1)CCC2. The van der Waals surface area contributed by atoms with Crippen LogP contribution in [0.2, 0.25) is 0 Å². The first-order chi connectivity index (χ1) is 8.84. The number of nitrogens with zero attached hydrogens (tertiary/aromatic N) is 1. The molecule has 1 aliphatic carbocycles. The molecule has 0 bridgehead atoms. The van der Waals surface area contributed by atoms with Crippen LogP contribution in [0.3, 0.4) is 0 Å². The van der Waals surface area contributed by atoms with Crippen LogP contribution in [0.1, 0.15) is 17.5 Å². The van der Waals surface area contributed by atoms with Gasteiger partial charge in [0.15, 0.2) is 0 Å². The minimum atomic E-state index is -0.0671. The van der Waals surface area contributed by atoms with Crippen molar-refractivity contribution in [2.45, 2.75) is 19.3 Å². The molecule has 96 valence electrons. The summed E-state index contributed by atoms with van der Waals surface area (Å²) in [5.74, 6) is -0.0671. The molecule has 1 aromatic rings. The van der Waals surface area contributed by atoms with Gasteiger partial charge in [-0.3, -0.25) is 0 Å². The lowest BCUT2D eigenvalue weighted by atomic mass is 10.1. The Kier molecular flexibility index (Phi) is 4.22. The highest BCUT2D eigenvalue weighted by Gasteiger charge is 2.19. The molecule has 0 spiro atoms. The van der Waals surface area contributed by atoms with Crippen molar-refractivity contribution in [2.24, 2.45) is 0 Å². The molecule has 0 unspecified atom stereocenters. The lowest BCUT2D eigenvalue weighted by molar-refractivity contribution is 0.122. The first-order valence-electron chi connectivity index (χ1n) is 6.32. The molecule has 18 heavy (non-hydrogen) atoms. The number of fused-ring (bicyclic) bond motifs is 1. The van der Waals surface area contributed by atoms with Crippen LogP contribution in [0, 0.1) is 18.7 Å². The van der Waals surface area contributed by atoms with Gasteiger partial charge in [-0.1, -0.05) is 0 Å². The summed E-state index contributed by atoms with van der Waals surface area (Å²) in [4.78, 5) is 2.09. The molecule has 1 saturated heterocycles. The normalized spacial score (nSPS) is 17.8. The van der Waals surface area contributed by atoms with Gasteiger partial charge in [0.1, 0.15) is 5.82 Å². The van der Waals surface area contributed by atoms with E-state index in [0.717, 1.165) is 31.6 Å². The number of aryl methyl sites for hydroxylation is 2. The molecule has 0 amide bonds. The average molecular weight is 247 g/mol. The van der Waals surface area contributed by atoms with E-state index in [2.05, 4.69) is 17.7 Å². The highest BCUT2D eigenvalue weighted by atomic mass is 19.1. The zero-order valence-corrected chi connectivity index (χ0v) is 10.5. The van der Waals surface area contributed by atoms with Crippen LogP contribution < -0.4 is 4.90 Å². The maximum absolute atomic E-state index is 13.9. The zero-order valence-electron chi connectivity index (χ0n) is 10.5. The van der Waals surface area contributed by atoms with Gasteiger partial charge in [0.05, 0.1) is 18.9 Å². The number of rotatable bonds is 1. The van der Waals surface area contributed by atoms with Crippen molar-refractivity contribution in [3.63, 3.8) is 0 Å². The van der Waals surface area contributed by atoms with Gasteiger partial charge in [-0.25, -0.2) is 4.39 Å². The van der Waals surface area contributed by atoms with E-state index in [9.17, 15) is 4.39 Å². The van der Waals surface area contributed by atoms with E-state index in [1.165, 1.54) is 17.5 Å². The Balaban J connectivity index is 0.000000574. The third kappa shape index (κ3) is 2.49. The number of hydrogen-bond donors (Lipinski definition) is 0. The smallest absolute Gasteiger partial charge is 0.146 e. The van der Waals surface area contributed by atoms with Crippen molar-refractivity contribution in [1.82, 2.24) is 0 Å². The van der Waals surface area contributed by atoms with Gasteiger partial charge >= 0.3 is 0 Å². The lowest BCUT2D eigenvalue weighted by Gasteiger charge is -2.29. The highest BCUT2D eigenvalue weighted by Crippen LogP contribution is 2.30. The first-order valence-corrected chi connectivity index (χ1v) is 6.32. The van der Waals surface area contributed by atoms with Crippen molar-refractivity contribution in [2.75, 3.05) is 31.2 Å². The molecule has 3 rings (SSSR count). The van der Waals surface area contributed by atoms with Crippen LogP contribution in [-0.2, 0) is 17.6 Å². The molecular weight excluding hydrogens is 229 g/mol. The van der Waals surface area contributed by atoms with Gasteiger partial charge in [-0.15, -0.1) is 12.8 Å². The Morgan fingerprint density at radius 1 is 1.06 bits per heavy atom. The maximum Gasteiger partial charge on any atom is 0.146 e. The summed E-state index contributed by atoms with van der Waals surface area (Å²) >= 11 is 0. The lowest BCUT2D eigenvalue weighted by Crippen LogP contribution is -2.36. The van der Waals surface area contributed by atoms with E-state index in [1.54, 1.807) is 6.07 Å². The maximum atomic E-state index is 13.9. The molecule has 1 aliphatic heterocycles. The standard InChI is InChI=1S/C13H16FNO.C2H2/c14-12-8-10-2-1-3-11(10)9-13(12)15-4-6-16-7-5-15;1-2/h8-9H,1-7H2;1-2H. The molecule has 1 fully saturated rings. The van der Waals surface area contributed by atoms with Gasteiger partial charge in [-0.05, 0) is 42.5 Å². The van der Waals surface area contributed by atoms with Crippen LogP contribution in [0.5, 0.6) is 0 Å². The molecule has 2 nitrogen and oxygen atoms in total. The summed E-state index contributed by atoms with van der Waals surface area (Å²) in [7, 11) is 0. The van der Waals surface area contributed by atoms with Crippen LogP contribution >= 0.6 is 0 Å². The summed E-state index contributed by atoms with van der Waals surface area (Å²) in [5.41, 5.74) is 3.31. The Hall–Kier alpha value is -1.53. The van der Waals surface area contributed by atoms with Gasteiger partial charge in [0.2, 0.25) is 0 Å². The molecule has 0 aromatic heterocycles. The summed E-state index contributed by atoms with van der Waals surface area (Å²) in [6, 6.07) is 3.77. The van der Waals surface area contributed by atoms with E-state index in [1.807, 2.05) is 6.07 Å². The summed E-state index contributed by atoms with van der Waals surface area (Å²) in [5, 5.41) is 0. The largest absolute Gasteiger partial charge is 0.378 e. The number of anilines is 1. The third-order valence-corrected chi connectivity index (χ3v) is 3.51. The van der Waals surface area contributed by atoms with E-state index < -0.39 is 0 Å². The van der Waals surface area contributed by atoms with Gasteiger partial charge < -0.3 is 9.64 Å². The minimum Gasteiger partial charge on any atom is -0.378 e. The molecule has 3 heteroatoms. The quantitative estimate of drug-likeness (QED) is 0.707. The highest BCUT2D eigenvalue weighted by molar-refractivity contribution is 5.53. The molecule has 0 N–H and O–H groups in total. The fourth-order valence-corrected chi connectivity index (χ4v) is 2.63. The monoisotopic (exact) mass is 247 g/mol. The topological polar surface area (TPSA) is 12.5 Å². The van der Waals surface area contributed by atoms with Crippen molar-refractivity contribution < 1.29 is 9.13 Å². The number of morpholine rings is 1. The van der Waals surface area contributed by atoms with Crippen molar-refractivity contribution >= 4 is 5.69 Å². The van der Waals surface area contributed by atoms with Crippen molar-refractivity contribution in [1.29, 1.82) is 0 Å². The number of benzene rings is 1. The van der Waals surface area contributed by atoms with E-state index >= 15 is 0 Å². The molecular formula is C15H18FNO. The van der Waals surface area contributed by atoms with E-state index in [-0.39, 0.29) is 5.82 Å². The molecule has 1 heterocycles. The van der Waals surface area contributed by atoms with E-state index in [0.29, 0.717) is 13.2 Å². The van der Waals surface area contributed by atoms with Crippen LogP contribution in [0.25, 0.3) is 0 Å². The van der Waals surface area contributed by atoms with Crippen molar-refractivity contribution in [3.8, 4) is 12.8 Å². The number of hydrogen-bond acceptors (Lipinski definition) is 2. The Morgan fingerprint density at radius 2 is 1.67 bits per heavy atom. The van der Waals surface area contributed by atoms with Gasteiger partial charge in [0, 0.05) is 13.1 Å². The fraction of sp³-hybridized carbons (Fsp3) is 0.467. The van der Waals surface area contributed by atoms with Gasteiger partial charge in [-0.2, -0.15) is 0 Å². The van der Waals surface area contributed by atoms with Gasteiger partial charge in [0.25, 0.3) is 0 Å². The van der Waals surface area contributed by atoms with Crippen LogP contribution in [0.15, 0.2) is 12.1 Å². The van der Waals surface area contributed by atoms with Crippen LogP contribution in [-0.4, -0.2) is 26.3 Å². The second-order valence-electron chi connectivity index (χ2n) is 4.53. The molecule has 0 atom stereocenters. The fourth-order valence-electron chi connectivity index (χ4n) is 2.63. The minimum absolute atomic E-state index is 0.0671. The summed E-state index contributed by atoms with van der Waals surface area (Å²) in [6.45, 7) is 3.01. The predicted octanol–water partition coefficient (Wildman–Crippen LogP) is 2.40. The summed E-state index contributed by atoms with van der Waals surface area (Å²) < 4.78 is 19.2. The second-order valence-corrected chi connectivity index (χ2v) is 4.53. The predicted molar refractivity (Wildman–Crippen MR) is 71.3 cm³/mol. The summed E-state index contributed by atoms with van der Waals surface area (Å²) in [6.07, 6.45) is 11.3.